The number of fused-ring (bicyclic) bond motifs is 1. The number of carbonyl (C=O) groups excluding carboxylic acids is 2. The van der Waals surface area contributed by atoms with Crippen LogP contribution in [0.5, 0.6) is 0 Å². The van der Waals surface area contributed by atoms with Gasteiger partial charge in [0, 0.05) is 49.3 Å². The molecule has 0 unspecified atom stereocenters. The highest BCUT2D eigenvalue weighted by molar-refractivity contribution is 7.84. The summed E-state index contributed by atoms with van der Waals surface area (Å²) in [6.07, 6.45) is 1.53. The molecule has 4 aromatic rings. The number of hydrogen-bond acceptors (Lipinski definition) is 4. The molecular weight excluding hydrogens is 493 g/mol. The van der Waals surface area contributed by atoms with Crippen LogP contribution in [0, 0.1) is 5.82 Å². The average Bonchev–Trinajstić information content (AvgIpc) is 2.92. The summed E-state index contributed by atoms with van der Waals surface area (Å²) in [6.45, 7) is 1.26. The van der Waals surface area contributed by atoms with Crippen LogP contribution in [0.4, 0.5) is 4.39 Å². The molecule has 1 aromatic heterocycles. The third-order valence-electron chi connectivity index (χ3n) is 6.48. The summed E-state index contributed by atoms with van der Waals surface area (Å²) >= 11 is 0. The minimum absolute atomic E-state index is 0.0227. The Bertz CT molecular complexity index is 1580. The molecule has 0 N–H and O–H groups in total. The molecule has 0 spiro atoms. The molecule has 2 heterocycles. The van der Waals surface area contributed by atoms with Crippen molar-refractivity contribution >= 4 is 32.7 Å². The maximum atomic E-state index is 14.0. The number of hydrogen-bond donors (Lipinski definition) is 0. The van der Waals surface area contributed by atoms with Crippen LogP contribution in [0.1, 0.15) is 26.3 Å². The first-order chi connectivity index (χ1) is 17.8. The zero-order valence-electron chi connectivity index (χ0n) is 20.0. The molecule has 9 heteroatoms. The molecule has 3 aromatic carbocycles. The number of benzene rings is 3. The van der Waals surface area contributed by atoms with E-state index in [0.717, 1.165) is 5.39 Å². The van der Waals surface area contributed by atoms with Crippen LogP contribution < -0.4 is 3.97 Å². The van der Waals surface area contributed by atoms with E-state index in [-0.39, 0.29) is 23.1 Å². The SMILES string of the molecule is O=C(c1ccc(CS(=O)(=O)[n+]2cccc3ccccc32)cc1)N1CCN(C(=O)c2ccccc2F)CC1. The molecule has 2 amide bonds. The summed E-state index contributed by atoms with van der Waals surface area (Å²) in [7, 11) is -3.68. The van der Waals surface area contributed by atoms with Gasteiger partial charge in [-0.25, -0.2) is 4.39 Å². The highest BCUT2D eigenvalue weighted by Crippen LogP contribution is 2.16. The van der Waals surface area contributed by atoms with Crippen molar-refractivity contribution in [2.45, 2.75) is 5.75 Å². The average molecular weight is 519 g/mol. The molecule has 0 atom stereocenters. The van der Waals surface area contributed by atoms with Crippen molar-refractivity contribution in [2.24, 2.45) is 0 Å². The maximum Gasteiger partial charge on any atom is 0.374 e. The predicted molar refractivity (Wildman–Crippen MR) is 137 cm³/mol. The lowest BCUT2D eigenvalue weighted by atomic mass is 10.1. The number of aromatic nitrogens is 1. The molecule has 1 aliphatic heterocycles. The molecule has 188 valence electrons. The number of rotatable bonds is 5. The summed E-state index contributed by atoms with van der Waals surface area (Å²) in [4.78, 5) is 28.8. The second-order valence-corrected chi connectivity index (χ2v) is 10.7. The Balaban J connectivity index is 1.23. The molecule has 37 heavy (non-hydrogen) atoms. The van der Waals surface area contributed by atoms with Gasteiger partial charge >= 0.3 is 10.0 Å². The van der Waals surface area contributed by atoms with E-state index in [0.29, 0.717) is 42.8 Å². The lowest BCUT2D eigenvalue weighted by molar-refractivity contribution is -0.481. The lowest BCUT2D eigenvalue weighted by Gasteiger charge is -2.35. The largest absolute Gasteiger partial charge is 0.374 e. The van der Waals surface area contributed by atoms with Crippen molar-refractivity contribution in [3.05, 3.63) is 114 Å². The van der Waals surface area contributed by atoms with E-state index < -0.39 is 15.8 Å². The predicted octanol–water partition coefficient (Wildman–Crippen LogP) is 3.24. The van der Waals surface area contributed by atoms with Crippen molar-refractivity contribution < 1.29 is 26.4 Å². The van der Waals surface area contributed by atoms with Crippen LogP contribution in [0.2, 0.25) is 0 Å². The van der Waals surface area contributed by atoms with Crippen molar-refractivity contribution in [1.29, 1.82) is 0 Å². The van der Waals surface area contributed by atoms with Crippen molar-refractivity contribution in [2.75, 3.05) is 26.2 Å². The van der Waals surface area contributed by atoms with Crippen LogP contribution in [0.15, 0.2) is 91.1 Å². The Morgan fingerprint density at radius 1 is 0.757 bits per heavy atom. The first kappa shape index (κ1) is 24.6. The standard InChI is InChI=1S/C28H25FN3O4S/c29-25-9-3-2-8-24(25)28(34)31-18-16-30(17-19-31)27(33)23-13-11-21(12-14-23)20-37(35,36)32-15-5-7-22-6-1-4-10-26(22)32/h1-15H,16-20H2/q+1. The summed E-state index contributed by atoms with van der Waals surface area (Å²) in [5, 5.41) is 0.824. The van der Waals surface area contributed by atoms with E-state index in [1.54, 1.807) is 58.3 Å². The van der Waals surface area contributed by atoms with Crippen LogP contribution in [0.3, 0.4) is 0 Å². The molecule has 1 fully saturated rings. The molecule has 1 aliphatic rings. The van der Waals surface area contributed by atoms with Gasteiger partial charge in [-0.15, -0.1) is 0 Å². The summed E-state index contributed by atoms with van der Waals surface area (Å²) in [6, 6.07) is 23.2. The number of nitrogens with zero attached hydrogens (tertiary/aromatic N) is 3. The molecule has 0 saturated carbocycles. The van der Waals surface area contributed by atoms with Gasteiger partial charge in [-0.05, 0) is 42.0 Å². The molecule has 0 radical (unpaired) electrons. The van der Waals surface area contributed by atoms with Gasteiger partial charge in [0.1, 0.15) is 11.6 Å². The fourth-order valence-corrected chi connectivity index (χ4v) is 5.98. The van der Waals surface area contributed by atoms with Crippen molar-refractivity contribution in [1.82, 2.24) is 9.80 Å². The lowest BCUT2D eigenvalue weighted by Crippen LogP contribution is -2.50. The van der Waals surface area contributed by atoms with Gasteiger partial charge in [-0.2, -0.15) is 8.42 Å². The van der Waals surface area contributed by atoms with Crippen LogP contribution in [-0.2, 0) is 15.8 Å². The van der Waals surface area contributed by atoms with Crippen LogP contribution in [-0.4, -0.2) is 56.2 Å². The minimum Gasteiger partial charge on any atom is -0.335 e. The Hall–Kier alpha value is -4.11. The molecule has 7 nitrogen and oxygen atoms in total. The number of pyridine rings is 1. The van der Waals surface area contributed by atoms with Crippen molar-refractivity contribution in [3.8, 4) is 0 Å². The first-order valence-corrected chi connectivity index (χ1v) is 13.5. The van der Waals surface area contributed by atoms with Gasteiger partial charge in [0.15, 0.2) is 6.20 Å². The van der Waals surface area contributed by atoms with Gasteiger partial charge in [0.05, 0.1) is 5.56 Å². The summed E-state index contributed by atoms with van der Waals surface area (Å²) in [5.74, 6) is -1.36. The van der Waals surface area contributed by atoms with Gasteiger partial charge in [-0.1, -0.05) is 40.4 Å². The highest BCUT2D eigenvalue weighted by Gasteiger charge is 2.28. The molecular formula is C28H25FN3O4S+. The van der Waals surface area contributed by atoms with Gasteiger partial charge in [-0.3, -0.25) is 9.59 Å². The zero-order chi connectivity index (χ0) is 26.0. The van der Waals surface area contributed by atoms with Crippen LogP contribution >= 0.6 is 0 Å². The first-order valence-electron chi connectivity index (χ1n) is 11.9. The van der Waals surface area contributed by atoms with E-state index in [1.165, 1.54) is 28.4 Å². The summed E-state index contributed by atoms with van der Waals surface area (Å²) in [5.41, 5.74) is 1.63. The van der Waals surface area contributed by atoms with E-state index in [4.69, 9.17) is 0 Å². The molecule has 0 bridgehead atoms. The second kappa shape index (κ2) is 10.1. The summed E-state index contributed by atoms with van der Waals surface area (Å²) < 4.78 is 41.5. The topological polar surface area (TPSA) is 78.6 Å². The fourth-order valence-electron chi connectivity index (χ4n) is 4.50. The maximum absolute atomic E-state index is 14.0. The third-order valence-corrected chi connectivity index (χ3v) is 8.10. The number of halogens is 1. The van der Waals surface area contributed by atoms with Crippen molar-refractivity contribution in [3.63, 3.8) is 0 Å². The number of carbonyl (C=O) groups is 2. The smallest absolute Gasteiger partial charge is 0.335 e. The van der Waals surface area contributed by atoms with E-state index in [2.05, 4.69) is 0 Å². The Kier molecular flexibility index (Phi) is 6.71. The number of para-hydroxylation sites is 1. The van der Waals surface area contributed by atoms with Gasteiger partial charge in [0.2, 0.25) is 5.52 Å². The Labute approximate surface area is 214 Å². The molecule has 5 rings (SSSR count). The molecule has 0 aliphatic carbocycles. The Morgan fingerprint density at radius 2 is 1.35 bits per heavy atom. The Morgan fingerprint density at radius 3 is 2.05 bits per heavy atom. The minimum atomic E-state index is -3.68. The van der Waals surface area contributed by atoms with Gasteiger partial charge in [0.25, 0.3) is 11.8 Å². The monoisotopic (exact) mass is 518 g/mol. The number of amides is 2. The van der Waals surface area contributed by atoms with E-state index in [1.807, 2.05) is 18.2 Å². The normalized spacial score (nSPS) is 14.1. The number of piperazine rings is 1. The highest BCUT2D eigenvalue weighted by atomic mass is 32.2. The molecule has 1 saturated heterocycles. The van der Waals surface area contributed by atoms with Gasteiger partial charge < -0.3 is 9.80 Å². The van der Waals surface area contributed by atoms with E-state index >= 15 is 0 Å². The third kappa shape index (κ3) is 5.08. The quantitative estimate of drug-likeness (QED) is 0.380. The second-order valence-electron chi connectivity index (χ2n) is 8.88. The van der Waals surface area contributed by atoms with Crippen LogP contribution in [0.25, 0.3) is 10.9 Å². The van der Waals surface area contributed by atoms with E-state index in [9.17, 15) is 22.4 Å². The fraction of sp³-hybridized carbons (Fsp3) is 0.179. The zero-order valence-corrected chi connectivity index (χ0v) is 20.8.